The number of nitrogens with zero attached hydrogens (tertiary/aromatic N) is 2. The minimum Gasteiger partial charge on any atom is -0.484 e. The number of anilines is 1. The second-order valence-corrected chi connectivity index (χ2v) is 12.2. The molecule has 0 heterocycles. The molecule has 0 spiro atoms. The van der Waals surface area contributed by atoms with E-state index >= 15 is 0 Å². The molecule has 41 heavy (non-hydrogen) atoms. The summed E-state index contributed by atoms with van der Waals surface area (Å²) in [4.78, 5) is 24.9. The summed E-state index contributed by atoms with van der Waals surface area (Å²) in [6.45, 7) is -0.622. The summed E-state index contributed by atoms with van der Waals surface area (Å²) in [6.07, 6.45) is 6.91. The van der Waals surface area contributed by atoms with Gasteiger partial charge in [0.05, 0.1) is 26.8 Å². The fourth-order valence-electron chi connectivity index (χ4n) is 4.33. The molecule has 1 aliphatic carbocycles. The van der Waals surface area contributed by atoms with E-state index in [9.17, 15) is 18.0 Å². The first-order valence-corrected chi connectivity index (χ1v) is 15.3. The van der Waals surface area contributed by atoms with Gasteiger partial charge in [-0.3, -0.25) is 13.9 Å². The summed E-state index contributed by atoms with van der Waals surface area (Å²) in [7, 11) is -4.10. The summed E-state index contributed by atoms with van der Waals surface area (Å²) >= 11 is 12.1. The van der Waals surface area contributed by atoms with Gasteiger partial charge in [-0.15, -0.1) is 0 Å². The number of benzene rings is 3. The van der Waals surface area contributed by atoms with Gasteiger partial charge >= 0.3 is 0 Å². The lowest BCUT2D eigenvalue weighted by molar-refractivity contribution is -0.124. The second kappa shape index (κ2) is 14.3. The Morgan fingerprint density at radius 3 is 2.32 bits per heavy atom. The summed E-state index contributed by atoms with van der Waals surface area (Å²) in [5.74, 6) is -0.293. The maximum absolute atomic E-state index is 13.4. The standard InChI is InChI=1S/C29H30Cl2N4O5S/c30-26-16-13-23(17-27(26)31)35(41(38,39)25-9-5-2-6-10-25)19-28(36)34-32-18-21-11-14-24(15-12-21)40-20-29(37)33-22-7-3-1-4-8-22/h2,5-6,9-18,22H,1,3-4,7-8,19-20H2,(H,33,37)(H,34,36)/b32-18-. The lowest BCUT2D eigenvalue weighted by atomic mass is 9.95. The van der Waals surface area contributed by atoms with Crippen LogP contribution >= 0.6 is 23.2 Å². The minimum absolute atomic E-state index is 0.0103. The van der Waals surface area contributed by atoms with E-state index in [0.717, 1.165) is 30.0 Å². The van der Waals surface area contributed by atoms with Crippen LogP contribution in [0.5, 0.6) is 5.75 Å². The molecule has 2 N–H and O–H groups in total. The number of ether oxygens (including phenoxy) is 1. The molecule has 0 saturated heterocycles. The van der Waals surface area contributed by atoms with Crippen LogP contribution in [-0.2, 0) is 19.6 Å². The molecule has 0 bridgehead atoms. The topological polar surface area (TPSA) is 117 Å². The van der Waals surface area contributed by atoms with E-state index in [2.05, 4.69) is 15.8 Å². The Labute approximate surface area is 249 Å². The highest BCUT2D eigenvalue weighted by molar-refractivity contribution is 7.92. The zero-order valence-electron chi connectivity index (χ0n) is 22.1. The van der Waals surface area contributed by atoms with Crippen LogP contribution in [-0.4, -0.2) is 45.6 Å². The van der Waals surface area contributed by atoms with Crippen molar-refractivity contribution in [2.75, 3.05) is 17.5 Å². The highest BCUT2D eigenvalue weighted by atomic mass is 35.5. The highest BCUT2D eigenvalue weighted by Crippen LogP contribution is 2.30. The number of halogens is 2. The summed E-state index contributed by atoms with van der Waals surface area (Å²) in [5, 5.41) is 7.35. The van der Waals surface area contributed by atoms with E-state index in [4.69, 9.17) is 27.9 Å². The average Bonchev–Trinajstić information content (AvgIpc) is 2.98. The number of hydrazone groups is 1. The molecular weight excluding hydrogens is 587 g/mol. The van der Waals surface area contributed by atoms with Gasteiger partial charge in [-0.05, 0) is 73.0 Å². The molecular formula is C29H30Cl2N4O5S. The van der Waals surface area contributed by atoms with Crippen molar-refractivity contribution >= 4 is 56.9 Å². The average molecular weight is 618 g/mol. The summed E-state index contributed by atoms with van der Waals surface area (Å²) in [6, 6.07) is 19.1. The Morgan fingerprint density at radius 1 is 0.927 bits per heavy atom. The van der Waals surface area contributed by atoms with Crippen molar-refractivity contribution in [1.82, 2.24) is 10.7 Å². The molecule has 9 nitrogen and oxygen atoms in total. The van der Waals surface area contributed by atoms with Crippen molar-refractivity contribution in [2.24, 2.45) is 5.10 Å². The number of carbonyl (C=O) groups excluding carboxylic acids is 2. The van der Waals surface area contributed by atoms with Crippen LogP contribution in [0.4, 0.5) is 5.69 Å². The lowest BCUT2D eigenvalue weighted by Crippen LogP contribution is -2.39. The van der Waals surface area contributed by atoms with Gasteiger partial charge in [-0.25, -0.2) is 13.8 Å². The van der Waals surface area contributed by atoms with Crippen molar-refractivity contribution in [2.45, 2.75) is 43.0 Å². The molecule has 0 aliphatic heterocycles. The first-order valence-electron chi connectivity index (χ1n) is 13.1. The van der Waals surface area contributed by atoms with Crippen LogP contribution in [0.2, 0.25) is 10.0 Å². The van der Waals surface area contributed by atoms with E-state index in [1.165, 1.54) is 43.0 Å². The lowest BCUT2D eigenvalue weighted by Gasteiger charge is -2.24. The second-order valence-electron chi connectivity index (χ2n) is 9.48. The van der Waals surface area contributed by atoms with Gasteiger partial charge < -0.3 is 10.1 Å². The normalized spacial score (nSPS) is 14.0. The molecule has 0 unspecified atom stereocenters. The van der Waals surface area contributed by atoms with Crippen LogP contribution in [0.25, 0.3) is 0 Å². The molecule has 1 aliphatic rings. The third-order valence-corrected chi connectivity index (χ3v) is 8.96. The van der Waals surface area contributed by atoms with Gasteiger partial charge in [0.1, 0.15) is 12.3 Å². The van der Waals surface area contributed by atoms with Crippen LogP contribution in [0.3, 0.4) is 0 Å². The molecule has 0 atom stereocenters. The number of carbonyl (C=O) groups is 2. The SMILES string of the molecule is O=C(CN(c1ccc(Cl)c(Cl)c1)S(=O)(=O)c1ccccc1)N/N=C\c1ccc(OCC(=O)NC2CCCCC2)cc1. The molecule has 3 aromatic rings. The van der Waals surface area contributed by atoms with Crippen LogP contribution in [0.15, 0.2) is 82.8 Å². The van der Waals surface area contributed by atoms with Gasteiger partial charge in [-0.1, -0.05) is 60.7 Å². The molecule has 12 heteroatoms. The number of nitrogens with one attached hydrogen (secondary N) is 2. The fourth-order valence-corrected chi connectivity index (χ4v) is 6.06. The third-order valence-electron chi connectivity index (χ3n) is 6.43. The van der Waals surface area contributed by atoms with Gasteiger partial charge in [0, 0.05) is 6.04 Å². The van der Waals surface area contributed by atoms with E-state index in [1.54, 1.807) is 42.5 Å². The number of hydrogen-bond donors (Lipinski definition) is 2. The minimum atomic E-state index is -4.10. The van der Waals surface area contributed by atoms with Crippen molar-refractivity contribution in [3.05, 3.63) is 88.4 Å². The predicted molar refractivity (Wildman–Crippen MR) is 160 cm³/mol. The molecule has 1 fully saturated rings. The Hall–Kier alpha value is -3.60. The first kappa shape index (κ1) is 30.4. The van der Waals surface area contributed by atoms with E-state index in [0.29, 0.717) is 11.3 Å². The summed E-state index contributed by atoms with van der Waals surface area (Å²) in [5.41, 5.74) is 3.18. The molecule has 0 radical (unpaired) electrons. The van der Waals surface area contributed by atoms with Crippen molar-refractivity contribution in [3.63, 3.8) is 0 Å². The zero-order chi connectivity index (χ0) is 29.2. The van der Waals surface area contributed by atoms with Gasteiger partial charge in [0.15, 0.2) is 6.61 Å². The van der Waals surface area contributed by atoms with Crippen molar-refractivity contribution < 1.29 is 22.7 Å². The monoisotopic (exact) mass is 616 g/mol. The molecule has 1 saturated carbocycles. The Bertz CT molecular complexity index is 1480. The smallest absolute Gasteiger partial charge is 0.264 e. The Kier molecular flexibility index (Phi) is 10.6. The largest absolute Gasteiger partial charge is 0.484 e. The number of sulfonamides is 1. The van der Waals surface area contributed by atoms with Crippen LogP contribution in [0, 0.1) is 0 Å². The van der Waals surface area contributed by atoms with Gasteiger partial charge in [0.25, 0.3) is 21.8 Å². The quantitative estimate of drug-likeness (QED) is 0.228. The Morgan fingerprint density at radius 2 is 1.63 bits per heavy atom. The maximum Gasteiger partial charge on any atom is 0.264 e. The molecule has 0 aromatic heterocycles. The van der Waals surface area contributed by atoms with Gasteiger partial charge in [-0.2, -0.15) is 5.10 Å². The van der Waals surface area contributed by atoms with Gasteiger partial charge in [0.2, 0.25) is 0 Å². The third kappa shape index (κ3) is 8.69. The number of amides is 2. The van der Waals surface area contributed by atoms with E-state index in [1.807, 2.05) is 0 Å². The Balaban J connectivity index is 1.34. The van der Waals surface area contributed by atoms with Crippen molar-refractivity contribution in [3.8, 4) is 5.75 Å². The molecule has 2 amide bonds. The van der Waals surface area contributed by atoms with E-state index in [-0.39, 0.29) is 39.2 Å². The highest BCUT2D eigenvalue weighted by Gasteiger charge is 2.27. The summed E-state index contributed by atoms with van der Waals surface area (Å²) < 4.78 is 33.3. The maximum atomic E-state index is 13.4. The molecule has 3 aromatic carbocycles. The van der Waals surface area contributed by atoms with Crippen LogP contribution in [0.1, 0.15) is 37.7 Å². The number of rotatable bonds is 11. The van der Waals surface area contributed by atoms with Crippen molar-refractivity contribution in [1.29, 1.82) is 0 Å². The first-order chi connectivity index (χ1) is 19.7. The molecule has 4 rings (SSSR count). The fraction of sp³-hybridized carbons (Fsp3) is 0.276. The van der Waals surface area contributed by atoms with Crippen LogP contribution < -0.4 is 19.8 Å². The molecule has 216 valence electrons. The predicted octanol–water partition coefficient (Wildman–Crippen LogP) is 5.17. The number of hydrogen-bond acceptors (Lipinski definition) is 6. The zero-order valence-corrected chi connectivity index (χ0v) is 24.5. The van der Waals surface area contributed by atoms with E-state index < -0.39 is 22.5 Å².